The van der Waals surface area contributed by atoms with Gasteiger partial charge in [0.1, 0.15) is 0 Å². The summed E-state index contributed by atoms with van der Waals surface area (Å²) >= 11 is 0. The minimum atomic E-state index is 0.0855. The van der Waals surface area contributed by atoms with Crippen LogP contribution in [0.5, 0.6) is 0 Å². The van der Waals surface area contributed by atoms with E-state index >= 15 is 0 Å². The van der Waals surface area contributed by atoms with Gasteiger partial charge in [0.15, 0.2) is 0 Å². The molecular formula is C15H18N2O. The molecule has 2 aromatic carbocycles. The zero-order chi connectivity index (χ0) is 13.0. The monoisotopic (exact) mass is 242 g/mol. The van der Waals surface area contributed by atoms with Crippen molar-refractivity contribution in [2.45, 2.75) is 20.1 Å². The molecule has 3 nitrogen and oxygen atoms in total. The van der Waals surface area contributed by atoms with E-state index in [2.05, 4.69) is 5.32 Å². The van der Waals surface area contributed by atoms with Gasteiger partial charge in [-0.2, -0.15) is 0 Å². The van der Waals surface area contributed by atoms with Crippen molar-refractivity contribution in [3.8, 4) is 0 Å². The largest absolute Gasteiger partial charge is 0.398 e. The molecule has 0 aromatic heterocycles. The van der Waals surface area contributed by atoms with Gasteiger partial charge in [-0.25, -0.2) is 0 Å². The third-order valence-corrected chi connectivity index (χ3v) is 2.98. The van der Waals surface area contributed by atoms with Crippen LogP contribution in [-0.2, 0) is 13.2 Å². The molecule has 0 radical (unpaired) electrons. The minimum Gasteiger partial charge on any atom is -0.398 e. The summed E-state index contributed by atoms with van der Waals surface area (Å²) in [5, 5.41) is 12.3. The number of aryl methyl sites for hydroxylation is 1. The topological polar surface area (TPSA) is 58.3 Å². The highest BCUT2D eigenvalue weighted by Crippen LogP contribution is 2.17. The van der Waals surface area contributed by atoms with E-state index in [1.54, 1.807) is 0 Å². The normalized spacial score (nSPS) is 10.3. The summed E-state index contributed by atoms with van der Waals surface area (Å²) in [5.41, 5.74) is 10.9. The first-order valence-corrected chi connectivity index (χ1v) is 5.97. The van der Waals surface area contributed by atoms with Crippen LogP contribution >= 0.6 is 0 Å². The van der Waals surface area contributed by atoms with Gasteiger partial charge >= 0.3 is 0 Å². The molecule has 0 saturated heterocycles. The average Bonchev–Trinajstić information content (AvgIpc) is 2.41. The minimum absolute atomic E-state index is 0.0855. The zero-order valence-electron chi connectivity index (χ0n) is 10.5. The second-order valence-electron chi connectivity index (χ2n) is 4.40. The van der Waals surface area contributed by atoms with Crippen molar-refractivity contribution in [3.05, 3.63) is 59.2 Å². The van der Waals surface area contributed by atoms with E-state index in [4.69, 9.17) is 10.8 Å². The van der Waals surface area contributed by atoms with Crippen LogP contribution in [0.25, 0.3) is 0 Å². The lowest BCUT2D eigenvalue weighted by Gasteiger charge is -2.09. The molecule has 2 rings (SSSR count). The van der Waals surface area contributed by atoms with Crippen molar-refractivity contribution in [2.24, 2.45) is 0 Å². The van der Waals surface area contributed by atoms with Crippen LogP contribution < -0.4 is 11.1 Å². The van der Waals surface area contributed by atoms with Gasteiger partial charge in [0.2, 0.25) is 0 Å². The second-order valence-corrected chi connectivity index (χ2v) is 4.40. The Balaban J connectivity index is 1.99. The van der Waals surface area contributed by atoms with Crippen LogP contribution in [0, 0.1) is 6.92 Å². The van der Waals surface area contributed by atoms with Gasteiger partial charge in [0.25, 0.3) is 0 Å². The molecule has 18 heavy (non-hydrogen) atoms. The molecule has 0 heterocycles. The van der Waals surface area contributed by atoms with E-state index in [0.29, 0.717) is 0 Å². The van der Waals surface area contributed by atoms with Gasteiger partial charge in [-0.05, 0) is 35.7 Å². The van der Waals surface area contributed by atoms with E-state index in [1.165, 1.54) is 5.56 Å². The van der Waals surface area contributed by atoms with Gasteiger partial charge in [-0.3, -0.25) is 0 Å². The Labute approximate surface area is 107 Å². The fourth-order valence-electron chi connectivity index (χ4n) is 1.72. The summed E-state index contributed by atoms with van der Waals surface area (Å²) in [7, 11) is 0. The number of aliphatic hydroxyl groups is 1. The van der Waals surface area contributed by atoms with E-state index in [0.717, 1.165) is 29.0 Å². The SMILES string of the molecule is Cc1ccc(NCc2ccc(CO)cc2)cc1N. The Morgan fingerprint density at radius 1 is 1.06 bits per heavy atom. The predicted octanol–water partition coefficient (Wildman–Crippen LogP) is 2.68. The first-order chi connectivity index (χ1) is 8.69. The Hall–Kier alpha value is -2.00. The molecule has 4 N–H and O–H groups in total. The number of nitrogen functional groups attached to an aromatic ring is 1. The van der Waals surface area contributed by atoms with Crippen molar-refractivity contribution in [2.75, 3.05) is 11.1 Å². The molecule has 0 saturated carbocycles. The van der Waals surface area contributed by atoms with E-state index < -0.39 is 0 Å². The Kier molecular flexibility index (Phi) is 3.85. The molecule has 0 aliphatic carbocycles. The highest BCUT2D eigenvalue weighted by Gasteiger charge is 1.98. The lowest BCUT2D eigenvalue weighted by molar-refractivity contribution is 0.282. The van der Waals surface area contributed by atoms with Crippen LogP contribution in [0.15, 0.2) is 42.5 Å². The molecule has 3 heteroatoms. The summed E-state index contributed by atoms with van der Waals surface area (Å²) in [6.07, 6.45) is 0. The van der Waals surface area contributed by atoms with E-state index in [-0.39, 0.29) is 6.61 Å². The van der Waals surface area contributed by atoms with Gasteiger partial charge in [-0.1, -0.05) is 30.3 Å². The number of nitrogens with two attached hydrogens (primary N) is 1. The Morgan fingerprint density at radius 3 is 2.33 bits per heavy atom. The molecule has 0 amide bonds. The third-order valence-electron chi connectivity index (χ3n) is 2.98. The maximum atomic E-state index is 8.96. The fourth-order valence-corrected chi connectivity index (χ4v) is 1.72. The first kappa shape index (κ1) is 12.5. The van der Waals surface area contributed by atoms with Gasteiger partial charge in [-0.15, -0.1) is 0 Å². The van der Waals surface area contributed by atoms with E-state index in [9.17, 15) is 0 Å². The number of anilines is 2. The molecule has 0 unspecified atom stereocenters. The molecule has 2 aromatic rings. The maximum Gasteiger partial charge on any atom is 0.0681 e. The van der Waals surface area contributed by atoms with Gasteiger partial charge in [0, 0.05) is 17.9 Å². The highest BCUT2D eigenvalue weighted by molar-refractivity contribution is 5.58. The fraction of sp³-hybridized carbons (Fsp3) is 0.200. The summed E-state index contributed by atoms with van der Waals surface area (Å²) in [4.78, 5) is 0. The number of hydrogen-bond acceptors (Lipinski definition) is 3. The summed E-state index contributed by atoms with van der Waals surface area (Å²) < 4.78 is 0. The van der Waals surface area contributed by atoms with Crippen LogP contribution in [0.2, 0.25) is 0 Å². The van der Waals surface area contributed by atoms with Crippen LogP contribution in [-0.4, -0.2) is 5.11 Å². The lowest BCUT2D eigenvalue weighted by atomic mass is 10.1. The summed E-state index contributed by atoms with van der Waals surface area (Å²) in [6.45, 7) is 2.82. The lowest BCUT2D eigenvalue weighted by Crippen LogP contribution is -2.00. The standard InChI is InChI=1S/C15H18N2O/c1-11-2-7-14(8-15(11)16)17-9-12-3-5-13(10-18)6-4-12/h2-8,17-18H,9-10,16H2,1H3. The maximum absolute atomic E-state index is 8.96. The second kappa shape index (κ2) is 5.56. The van der Waals surface area contributed by atoms with Crippen molar-refractivity contribution < 1.29 is 5.11 Å². The Morgan fingerprint density at radius 2 is 1.72 bits per heavy atom. The molecule has 0 fully saturated rings. The van der Waals surface area contributed by atoms with E-state index in [1.807, 2.05) is 49.4 Å². The number of aliphatic hydroxyl groups excluding tert-OH is 1. The Bertz CT molecular complexity index is 521. The van der Waals surface area contributed by atoms with Crippen LogP contribution in [0.3, 0.4) is 0 Å². The number of benzene rings is 2. The number of nitrogens with one attached hydrogen (secondary N) is 1. The van der Waals surface area contributed by atoms with Gasteiger partial charge in [0.05, 0.1) is 6.61 Å². The molecule has 0 spiro atoms. The molecule has 0 bridgehead atoms. The predicted molar refractivity (Wildman–Crippen MR) is 75.3 cm³/mol. The number of hydrogen-bond donors (Lipinski definition) is 3. The summed E-state index contributed by atoms with van der Waals surface area (Å²) in [6, 6.07) is 13.9. The molecule has 0 atom stereocenters. The van der Waals surface area contributed by atoms with Crippen molar-refractivity contribution in [3.63, 3.8) is 0 Å². The third kappa shape index (κ3) is 3.02. The number of rotatable bonds is 4. The van der Waals surface area contributed by atoms with Gasteiger partial charge < -0.3 is 16.2 Å². The van der Waals surface area contributed by atoms with Crippen molar-refractivity contribution in [1.82, 2.24) is 0 Å². The average molecular weight is 242 g/mol. The quantitative estimate of drug-likeness (QED) is 0.722. The smallest absolute Gasteiger partial charge is 0.0681 e. The summed E-state index contributed by atoms with van der Waals surface area (Å²) in [5.74, 6) is 0. The van der Waals surface area contributed by atoms with Crippen LogP contribution in [0.4, 0.5) is 11.4 Å². The molecule has 94 valence electrons. The van der Waals surface area contributed by atoms with Crippen LogP contribution in [0.1, 0.15) is 16.7 Å². The van der Waals surface area contributed by atoms with Crippen molar-refractivity contribution >= 4 is 11.4 Å². The first-order valence-electron chi connectivity index (χ1n) is 5.97. The zero-order valence-corrected chi connectivity index (χ0v) is 10.5. The van der Waals surface area contributed by atoms with Crippen molar-refractivity contribution in [1.29, 1.82) is 0 Å². The highest BCUT2D eigenvalue weighted by atomic mass is 16.3. The molecular weight excluding hydrogens is 224 g/mol. The molecule has 0 aliphatic heterocycles. The molecule has 0 aliphatic rings.